The van der Waals surface area contributed by atoms with Crippen molar-refractivity contribution >= 4 is 15.9 Å². The van der Waals surface area contributed by atoms with Crippen LogP contribution in [0.25, 0.3) is 0 Å². The second-order valence-corrected chi connectivity index (χ2v) is 5.43. The zero-order chi connectivity index (χ0) is 13.9. The first-order valence-electron chi connectivity index (χ1n) is 5.81. The summed E-state index contributed by atoms with van der Waals surface area (Å²) < 4.78 is 14.7. The monoisotopic (exact) mass is 318 g/mol. The number of halogens is 2. The van der Waals surface area contributed by atoms with Gasteiger partial charge in [0.1, 0.15) is 5.82 Å². The Morgan fingerprint density at radius 3 is 2.74 bits per heavy atom. The smallest absolute Gasteiger partial charge is 0.129 e. The number of nitrogens with zero attached hydrogens (tertiary/aromatic N) is 2. The Hall–Kier alpha value is -1.73. The molecule has 0 aliphatic carbocycles. The van der Waals surface area contributed by atoms with Crippen molar-refractivity contribution in [1.82, 2.24) is 4.98 Å². The molecule has 96 valence electrons. The molecule has 0 bridgehead atoms. The average Bonchev–Trinajstić information content (AvgIpc) is 2.39. The van der Waals surface area contributed by atoms with E-state index in [-0.39, 0.29) is 5.82 Å². The molecule has 0 saturated carbocycles. The first-order chi connectivity index (χ1) is 9.07. The van der Waals surface area contributed by atoms with Crippen molar-refractivity contribution in [2.75, 3.05) is 0 Å². The summed E-state index contributed by atoms with van der Waals surface area (Å²) in [5, 5.41) is 9.49. The maximum Gasteiger partial charge on any atom is 0.129 e. The van der Waals surface area contributed by atoms with Crippen LogP contribution >= 0.6 is 15.9 Å². The van der Waals surface area contributed by atoms with E-state index in [9.17, 15) is 9.65 Å². The predicted octanol–water partition coefficient (Wildman–Crippen LogP) is 4.01. The second-order valence-electron chi connectivity index (χ2n) is 4.58. The largest absolute Gasteiger partial charge is 0.264 e. The molecule has 0 saturated heterocycles. The van der Waals surface area contributed by atoms with Crippen LogP contribution in [0.5, 0.6) is 0 Å². The lowest BCUT2D eigenvalue weighted by Gasteiger charge is -2.24. The molecule has 1 atom stereocenters. The number of pyridine rings is 1. The Bertz CT molecular complexity index is 602. The van der Waals surface area contributed by atoms with E-state index in [1.165, 1.54) is 6.07 Å². The van der Waals surface area contributed by atoms with Crippen molar-refractivity contribution in [3.8, 4) is 6.07 Å². The summed E-state index contributed by atoms with van der Waals surface area (Å²) in [6.45, 7) is 1.74. The summed E-state index contributed by atoms with van der Waals surface area (Å²) in [6, 6.07) is 10.7. The minimum Gasteiger partial charge on any atom is -0.264 e. The second kappa shape index (κ2) is 5.50. The fraction of sp³-hybridized carbons (Fsp3) is 0.200. The molecule has 1 aromatic carbocycles. The Balaban J connectivity index is 2.47. The molecule has 2 rings (SSSR count). The molecule has 0 aliphatic heterocycles. The fourth-order valence-corrected chi connectivity index (χ4v) is 2.90. The predicted molar refractivity (Wildman–Crippen MR) is 75.0 cm³/mol. The highest BCUT2D eigenvalue weighted by molar-refractivity contribution is 9.10. The molecule has 0 N–H and O–H groups in total. The molecule has 1 heterocycles. The number of benzene rings is 1. The van der Waals surface area contributed by atoms with Crippen LogP contribution in [0, 0.1) is 17.1 Å². The van der Waals surface area contributed by atoms with Crippen LogP contribution in [0.15, 0.2) is 47.2 Å². The van der Waals surface area contributed by atoms with Gasteiger partial charge in [0.15, 0.2) is 0 Å². The summed E-state index contributed by atoms with van der Waals surface area (Å²) in [5.41, 5.74) is 0.357. The third-order valence-electron chi connectivity index (χ3n) is 3.04. The van der Waals surface area contributed by atoms with Gasteiger partial charge in [-0.2, -0.15) is 5.26 Å². The summed E-state index contributed by atoms with van der Waals surface area (Å²) in [4.78, 5) is 4.03. The summed E-state index contributed by atoms with van der Waals surface area (Å²) >= 11 is 3.33. The van der Waals surface area contributed by atoms with Gasteiger partial charge in [-0.3, -0.25) is 4.98 Å². The van der Waals surface area contributed by atoms with E-state index in [1.54, 1.807) is 31.5 Å². The van der Waals surface area contributed by atoms with E-state index in [2.05, 4.69) is 27.0 Å². The van der Waals surface area contributed by atoms with Gasteiger partial charge in [-0.15, -0.1) is 0 Å². The maximum atomic E-state index is 14.0. The van der Waals surface area contributed by atoms with Crippen LogP contribution in [0.3, 0.4) is 0 Å². The number of hydrogen-bond donors (Lipinski definition) is 0. The molecule has 2 aromatic rings. The third kappa shape index (κ3) is 2.82. The number of aromatic nitrogens is 1. The van der Waals surface area contributed by atoms with Crippen molar-refractivity contribution in [1.29, 1.82) is 5.26 Å². The number of rotatable bonds is 3. The molecular formula is C15H12BrFN2. The highest BCUT2D eigenvalue weighted by Crippen LogP contribution is 2.34. The van der Waals surface area contributed by atoms with Gasteiger partial charge in [0, 0.05) is 22.4 Å². The Morgan fingerprint density at radius 1 is 1.37 bits per heavy atom. The van der Waals surface area contributed by atoms with Gasteiger partial charge in [0.05, 0.1) is 11.5 Å². The van der Waals surface area contributed by atoms with Crippen molar-refractivity contribution in [2.24, 2.45) is 0 Å². The molecule has 19 heavy (non-hydrogen) atoms. The zero-order valence-corrected chi connectivity index (χ0v) is 12.0. The standard InChI is InChI=1S/C15H12BrFN2/c1-15(10-18,8-11-4-3-7-19-9-11)14-12(16)5-2-6-13(14)17/h2-7,9H,8H2,1H3. The van der Waals surface area contributed by atoms with Gasteiger partial charge in [-0.05, 0) is 37.1 Å². The first kappa shape index (κ1) is 13.7. The molecule has 0 spiro atoms. The molecule has 0 radical (unpaired) electrons. The van der Waals surface area contributed by atoms with Gasteiger partial charge >= 0.3 is 0 Å². The van der Waals surface area contributed by atoms with E-state index in [0.717, 1.165) is 5.56 Å². The Labute approximate surface area is 120 Å². The maximum absolute atomic E-state index is 14.0. The quantitative estimate of drug-likeness (QED) is 0.857. The number of hydrogen-bond acceptors (Lipinski definition) is 2. The van der Waals surface area contributed by atoms with Gasteiger partial charge in [0.2, 0.25) is 0 Å². The van der Waals surface area contributed by atoms with E-state index in [4.69, 9.17) is 0 Å². The highest BCUT2D eigenvalue weighted by Gasteiger charge is 2.32. The molecule has 0 amide bonds. The van der Waals surface area contributed by atoms with Crippen LogP contribution in [0.4, 0.5) is 4.39 Å². The molecule has 0 aliphatic rings. The summed E-state index contributed by atoms with van der Waals surface area (Å²) in [6.07, 6.45) is 3.79. The van der Waals surface area contributed by atoms with Gasteiger partial charge in [-0.25, -0.2) is 4.39 Å². The van der Waals surface area contributed by atoms with E-state index in [1.807, 2.05) is 12.1 Å². The van der Waals surface area contributed by atoms with Crippen LogP contribution in [-0.4, -0.2) is 4.98 Å². The molecule has 0 fully saturated rings. The van der Waals surface area contributed by atoms with Crippen LogP contribution in [0.1, 0.15) is 18.1 Å². The van der Waals surface area contributed by atoms with Crippen LogP contribution in [-0.2, 0) is 11.8 Å². The average molecular weight is 319 g/mol. The normalized spacial score (nSPS) is 13.6. The lowest BCUT2D eigenvalue weighted by atomic mass is 9.78. The first-order valence-corrected chi connectivity index (χ1v) is 6.61. The lowest BCUT2D eigenvalue weighted by molar-refractivity contribution is 0.531. The van der Waals surface area contributed by atoms with E-state index >= 15 is 0 Å². The molecule has 2 nitrogen and oxygen atoms in total. The van der Waals surface area contributed by atoms with E-state index < -0.39 is 5.41 Å². The minimum absolute atomic E-state index is 0.373. The van der Waals surface area contributed by atoms with Crippen molar-refractivity contribution in [3.63, 3.8) is 0 Å². The van der Waals surface area contributed by atoms with Gasteiger partial charge in [-0.1, -0.05) is 28.1 Å². The SMILES string of the molecule is CC(C#N)(Cc1cccnc1)c1c(F)cccc1Br. The molecule has 4 heteroatoms. The molecule has 1 aromatic heterocycles. The van der Waals surface area contributed by atoms with Crippen LogP contribution < -0.4 is 0 Å². The third-order valence-corrected chi connectivity index (χ3v) is 3.70. The van der Waals surface area contributed by atoms with Crippen molar-refractivity contribution < 1.29 is 4.39 Å². The van der Waals surface area contributed by atoms with E-state index in [0.29, 0.717) is 16.5 Å². The molecular weight excluding hydrogens is 307 g/mol. The summed E-state index contributed by atoms with van der Waals surface area (Å²) in [7, 11) is 0. The Morgan fingerprint density at radius 2 is 2.16 bits per heavy atom. The van der Waals surface area contributed by atoms with Crippen molar-refractivity contribution in [2.45, 2.75) is 18.8 Å². The lowest BCUT2D eigenvalue weighted by Crippen LogP contribution is -2.25. The highest BCUT2D eigenvalue weighted by atomic mass is 79.9. The van der Waals surface area contributed by atoms with Crippen molar-refractivity contribution in [3.05, 3.63) is 64.1 Å². The number of nitriles is 1. The van der Waals surface area contributed by atoms with Gasteiger partial charge in [0.25, 0.3) is 0 Å². The minimum atomic E-state index is -0.937. The van der Waals surface area contributed by atoms with Gasteiger partial charge < -0.3 is 0 Å². The summed E-state index contributed by atoms with van der Waals surface area (Å²) in [5.74, 6) is -0.373. The Kier molecular flexibility index (Phi) is 3.96. The zero-order valence-electron chi connectivity index (χ0n) is 10.4. The topological polar surface area (TPSA) is 36.7 Å². The molecule has 1 unspecified atom stereocenters. The fourth-order valence-electron chi connectivity index (χ4n) is 2.12. The van der Waals surface area contributed by atoms with Crippen LogP contribution in [0.2, 0.25) is 0 Å².